The number of carbonyl (C=O) groups is 2. The fraction of sp³-hybridized carbons (Fsp3) is 0.176. The van der Waals surface area contributed by atoms with Gasteiger partial charge in [-0.2, -0.15) is 0 Å². The van der Waals surface area contributed by atoms with Crippen molar-refractivity contribution in [2.75, 3.05) is 7.11 Å². The zero-order valence-corrected chi connectivity index (χ0v) is 13.2. The SMILES string of the molecule is COc1ccc(COC(=O)C(=O)OCc2ccc(Cl)cc2)cc1. The van der Waals surface area contributed by atoms with Gasteiger partial charge in [0.25, 0.3) is 0 Å². The average molecular weight is 335 g/mol. The molecule has 5 nitrogen and oxygen atoms in total. The summed E-state index contributed by atoms with van der Waals surface area (Å²) in [5, 5.41) is 0.582. The lowest BCUT2D eigenvalue weighted by molar-refractivity contribution is -0.169. The molecule has 0 atom stereocenters. The Hall–Kier alpha value is -2.53. The van der Waals surface area contributed by atoms with E-state index in [2.05, 4.69) is 0 Å². The maximum atomic E-state index is 11.6. The summed E-state index contributed by atoms with van der Waals surface area (Å²) in [5.41, 5.74) is 1.47. The third-order valence-corrected chi connectivity index (χ3v) is 3.23. The van der Waals surface area contributed by atoms with E-state index in [1.807, 2.05) is 0 Å². The molecule has 0 aliphatic rings. The van der Waals surface area contributed by atoms with Gasteiger partial charge >= 0.3 is 11.9 Å². The zero-order valence-electron chi connectivity index (χ0n) is 12.5. The lowest BCUT2D eigenvalue weighted by Gasteiger charge is -2.06. The maximum absolute atomic E-state index is 11.6. The maximum Gasteiger partial charge on any atom is 0.417 e. The molecule has 0 spiro atoms. The predicted molar refractivity (Wildman–Crippen MR) is 84.0 cm³/mol. The van der Waals surface area contributed by atoms with Crippen LogP contribution in [0.15, 0.2) is 48.5 Å². The topological polar surface area (TPSA) is 61.8 Å². The van der Waals surface area contributed by atoms with Crippen LogP contribution in [0.3, 0.4) is 0 Å². The van der Waals surface area contributed by atoms with E-state index >= 15 is 0 Å². The van der Waals surface area contributed by atoms with Crippen LogP contribution in [-0.2, 0) is 32.3 Å². The molecule has 2 rings (SSSR count). The Labute approximate surface area is 138 Å². The van der Waals surface area contributed by atoms with Crippen molar-refractivity contribution >= 4 is 23.5 Å². The smallest absolute Gasteiger partial charge is 0.417 e. The van der Waals surface area contributed by atoms with Gasteiger partial charge in [-0.15, -0.1) is 0 Å². The normalized spacial score (nSPS) is 10.0. The highest BCUT2D eigenvalue weighted by atomic mass is 35.5. The van der Waals surface area contributed by atoms with Crippen molar-refractivity contribution in [3.05, 3.63) is 64.7 Å². The van der Waals surface area contributed by atoms with Crippen LogP contribution in [0.4, 0.5) is 0 Å². The molecule has 0 saturated heterocycles. The molecule has 0 aliphatic carbocycles. The summed E-state index contributed by atoms with van der Waals surface area (Å²) in [5.74, 6) is -1.37. The Morgan fingerprint density at radius 1 is 0.826 bits per heavy atom. The summed E-state index contributed by atoms with van der Waals surface area (Å²) in [4.78, 5) is 23.1. The first-order valence-electron chi connectivity index (χ1n) is 6.80. The van der Waals surface area contributed by atoms with Crippen molar-refractivity contribution in [3.63, 3.8) is 0 Å². The molecule has 0 N–H and O–H groups in total. The van der Waals surface area contributed by atoms with E-state index < -0.39 is 11.9 Å². The van der Waals surface area contributed by atoms with Gasteiger partial charge in [-0.25, -0.2) is 9.59 Å². The lowest BCUT2D eigenvalue weighted by atomic mass is 10.2. The molecular formula is C17H15ClO5. The molecule has 6 heteroatoms. The largest absolute Gasteiger partial charge is 0.497 e. The molecular weight excluding hydrogens is 320 g/mol. The molecule has 0 amide bonds. The van der Waals surface area contributed by atoms with Crippen molar-refractivity contribution in [3.8, 4) is 5.75 Å². The van der Waals surface area contributed by atoms with Crippen LogP contribution in [0.2, 0.25) is 5.02 Å². The van der Waals surface area contributed by atoms with E-state index in [9.17, 15) is 9.59 Å². The van der Waals surface area contributed by atoms with Gasteiger partial charge in [-0.3, -0.25) is 0 Å². The molecule has 0 fully saturated rings. The molecule has 0 aliphatic heterocycles. The number of esters is 2. The number of halogens is 1. The van der Waals surface area contributed by atoms with Crippen LogP contribution in [0.25, 0.3) is 0 Å². The summed E-state index contributed by atoms with van der Waals surface area (Å²) < 4.78 is 14.8. The third kappa shape index (κ3) is 5.30. The molecule has 23 heavy (non-hydrogen) atoms. The fourth-order valence-corrected chi connectivity index (χ4v) is 1.84. The van der Waals surface area contributed by atoms with E-state index in [1.165, 1.54) is 0 Å². The van der Waals surface area contributed by atoms with Crippen LogP contribution < -0.4 is 4.74 Å². The van der Waals surface area contributed by atoms with Crippen LogP contribution in [0, 0.1) is 0 Å². The molecule has 0 radical (unpaired) electrons. The van der Waals surface area contributed by atoms with E-state index in [-0.39, 0.29) is 13.2 Å². The molecule has 0 saturated carbocycles. The van der Waals surface area contributed by atoms with Gasteiger partial charge in [0.05, 0.1) is 7.11 Å². The molecule has 2 aromatic rings. The molecule has 0 bridgehead atoms. The highest BCUT2D eigenvalue weighted by molar-refractivity contribution is 6.30. The Morgan fingerprint density at radius 3 is 1.70 bits per heavy atom. The number of benzene rings is 2. The van der Waals surface area contributed by atoms with Gasteiger partial charge in [0.2, 0.25) is 0 Å². The van der Waals surface area contributed by atoms with Crippen molar-refractivity contribution < 1.29 is 23.8 Å². The minimum absolute atomic E-state index is 0.0150. The Kier molecular flexibility index (Phi) is 6.00. The van der Waals surface area contributed by atoms with Crippen LogP contribution in [-0.4, -0.2) is 19.0 Å². The second-order valence-corrected chi connectivity index (χ2v) is 5.06. The Balaban J connectivity index is 1.77. The number of carbonyl (C=O) groups excluding carboxylic acids is 2. The van der Waals surface area contributed by atoms with Gasteiger partial charge in [0, 0.05) is 5.02 Å². The fourth-order valence-electron chi connectivity index (χ4n) is 1.72. The molecule has 120 valence electrons. The number of ether oxygens (including phenoxy) is 3. The minimum atomic E-state index is -1.03. The van der Waals surface area contributed by atoms with E-state index in [1.54, 1.807) is 55.6 Å². The molecule has 0 aromatic heterocycles. The minimum Gasteiger partial charge on any atom is -0.497 e. The van der Waals surface area contributed by atoms with Gasteiger partial charge in [0.15, 0.2) is 0 Å². The quantitative estimate of drug-likeness (QED) is 0.621. The summed E-state index contributed by atoms with van der Waals surface area (Å²) >= 11 is 5.75. The van der Waals surface area contributed by atoms with Crippen molar-refractivity contribution in [2.24, 2.45) is 0 Å². The summed E-state index contributed by atoms with van der Waals surface area (Å²) in [6, 6.07) is 13.7. The van der Waals surface area contributed by atoms with Crippen LogP contribution in [0.5, 0.6) is 5.75 Å². The first-order chi connectivity index (χ1) is 11.1. The third-order valence-electron chi connectivity index (χ3n) is 2.98. The van der Waals surface area contributed by atoms with Crippen LogP contribution >= 0.6 is 11.6 Å². The number of rotatable bonds is 5. The highest BCUT2D eigenvalue weighted by Crippen LogP contribution is 2.12. The van der Waals surface area contributed by atoms with E-state index in [0.29, 0.717) is 10.8 Å². The summed E-state index contributed by atoms with van der Waals surface area (Å²) in [6.07, 6.45) is 0. The second kappa shape index (κ2) is 8.19. The van der Waals surface area contributed by atoms with E-state index in [0.717, 1.165) is 11.1 Å². The van der Waals surface area contributed by atoms with Crippen molar-refractivity contribution in [1.82, 2.24) is 0 Å². The molecule has 0 heterocycles. The number of hydrogen-bond acceptors (Lipinski definition) is 5. The molecule has 0 unspecified atom stereocenters. The van der Waals surface area contributed by atoms with Gasteiger partial charge < -0.3 is 14.2 Å². The predicted octanol–water partition coefficient (Wildman–Crippen LogP) is 3.14. The standard InChI is InChI=1S/C17H15ClO5/c1-21-15-8-4-13(5-9-15)11-23-17(20)16(19)22-10-12-2-6-14(18)7-3-12/h2-9H,10-11H2,1H3. The second-order valence-electron chi connectivity index (χ2n) is 4.63. The van der Waals surface area contributed by atoms with Crippen molar-refractivity contribution in [1.29, 1.82) is 0 Å². The number of hydrogen-bond donors (Lipinski definition) is 0. The van der Waals surface area contributed by atoms with Crippen LogP contribution in [0.1, 0.15) is 11.1 Å². The summed E-state index contributed by atoms with van der Waals surface area (Å²) in [6.45, 7) is -0.0352. The monoisotopic (exact) mass is 334 g/mol. The lowest BCUT2D eigenvalue weighted by Crippen LogP contribution is -2.20. The van der Waals surface area contributed by atoms with Gasteiger partial charge in [0.1, 0.15) is 19.0 Å². The first kappa shape index (κ1) is 16.8. The van der Waals surface area contributed by atoms with E-state index in [4.69, 9.17) is 25.8 Å². The zero-order chi connectivity index (χ0) is 16.7. The Bertz CT molecular complexity index is 664. The Morgan fingerprint density at radius 2 is 1.26 bits per heavy atom. The average Bonchev–Trinajstić information content (AvgIpc) is 2.59. The highest BCUT2D eigenvalue weighted by Gasteiger charge is 2.17. The van der Waals surface area contributed by atoms with Crippen molar-refractivity contribution in [2.45, 2.75) is 13.2 Å². The first-order valence-corrected chi connectivity index (χ1v) is 7.17. The summed E-state index contributed by atoms with van der Waals surface area (Å²) in [7, 11) is 1.56. The molecule has 2 aromatic carbocycles. The van der Waals surface area contributed by atoms with Gasteiger partial charge in [-0.05, 0) is 35.4 Å². The van der Waals surface area contributed by atoms with Gasteiger partial charge in [-0.1, -0.05) is 35.9 Å². The number of methoxy groups -OCH3 is 1.